The Balaban J connectivity index is 1.91. The molecule has 0 saturated heterocycles. The molecule has 1 amide bonds. The molecule has 2 heterocycles. The second-order valence-electron chi connectivity index (χ2n) is 9.64. The average molecular weight is 571 g/mol. The molecule has 3 atom stereocenters. The molecular weight excluding hydrogens is 537 g/mol. The summed E-state index contributed by atoms with van der Waals surface area (Å²) >= 11 is 0. The lowest BCUT2D eigenvalue weighted by atomic mass is 9.73. The number of ketones is 1. The third-order valence-electron chi connectivity index (χ3n) is 6.81. The third-order valence-corrected chi connectivity index (χ3v) is 8.61. The Hall–Kier alpha value is -2.92. The average Bonchev–Trinajstić information content (AvgIpc) is 2.87. The van der Waals surface area contributed by atoms with Gasteiger partial charge in [0.25, 0.3) is 5.91 Å². The van der Waals surface area contributed by atoms with Crippen molar-refractivity contribution in [2.75, 3.05) is 39.8 Å². The normalized spacial score (nSPS) is 20.4. The van der Waals surface area contributed by atoms with Crippen LogP contribution in [0.1, 0.15) is 46.7 Å². The Kier molecular flexibility index (Phi) is 9.82. The topological polar surface area (TPSA) is 133 Å². The van der Waals surface area contributed by atoms with E-state index in [1.165, 1.54) is 18.3 Å². The summed E-state index contributed by atoms with van der Waals surface area (Å²) in [6, 6.07) is 2.85. The van der Waals surface area contributed by atoms with Crippen LogP contribution in [0.3, 0.4) is 0 Å². The minimum absolute atomic E-state index is 0.00928. The number of ether oxygens (including phenoxy) is 2. The number of aromatic nitrogens is 1. The Bertz CT molecular complexity index is 1350. The molecule has 0 radical (unpaired) electrons. The van der Waals surface area contributed by atoms with Crippen LogP contribution in [0.5, 0.6) is 5.75 Å². The van der Waals surface area contributed by atoms with Crippen molar-refractivity contribution in [3.05, 3.63) is 63.1 Å². The fourth-order valence-corrected chi connectivity index (χ4v) is 5.56. The number of pyridine rings is 1. The summed E-state index contributed by atoms with van der Waals surface area (Å²) in [5, 5.41) is 13.1. The van der Waals surface area contributed by atoms with Crippen molar-refractivity contribution >= 4 is 19.1 Å². The zero-order chi connectivity index (χ0) is 29.0. The van der Waals surface area contributed by atoms with Crippen molar-refractivity contribution in [2.45, 2.75) is 39.5 Å². The van der Waals surface area contributed by atoms with E-state index in [4.69, 9.17) is 14.0 Å². The summed E-state index contributed by atoms with van der Waals surface area (Å²) in [5.74, 6) is -4.04. The van der Waals surface area contributed by atoms with Crippen LogP contribution in [-0.2, 0) is 31.7 Å². The number of nitrogens with one attached hydrogen (secondary N) is 1. The van der Waals surface area contributed by atoms with Crippen molar-refractivity contribution in [1.82, 2.24) is 9.88 Å². The minimum atomic E-state index is -2.90. The number of amides is 1. The van der Waals surface area contributed by atoms with Crippen LogP contribution in [-0.4, -0.2) is 67.2 Å². The highest BCUT2D eigenvalue weighted by atomic mass is 31.2. The van der Waals surface area contributed by atoms with Crippen LogP contribution >= 0.6 is 7.37 Å². The second-order valence-corrected chi connectivity index (χ2v) is 12.4. The number of Topliss-reactive ketones (excluding diaryl/α,β-unsaturated/α-hetero) is 1. The molecule has 3 unspecified atom stereocenters. The number of fused-ring (bicyclic) bond motifs is 1. The van der Waals surface area contributed by atoms with Gasteiger partial charge < -0.3 is 29.0 Å². The molecule has 0 bridgehead atoms. The highest BCUT2D eigenvalue weighted by Crippen LogP contribution is 2.43. The summed E-state index contributed by atoms with van der Waals surface area (Å²) in [7, 11) is -1.43. The molecule has 214 valence electrons. The van der Waals surface area contributed by atoms with Gasteiger partial charge in [0.2, 0.25) is 12.8 Å². The highest BCUT2D eigenvalue weighted by molar-refractivity contribution is 7.58. The fourth-order valence-electron chi connectivity index (χ4n) is 4.45. The van der Waals surface area contributed by atoms with Gasteiger partial charge in [-0.25, -0.2) is 8.78 Å². The van der Waals surface area contributed by atoms with Crippen LogP contribution in [0.15, 0.2) is 29.2 Å². The molecule has 1 aromatic heterocycles. The zero-order valence-electron chi connectivity index (χ0n) is 22.3. The molecule has 1 aromatic carbocycles. The van der Waals surface area contributed by atoms with E-state index in [1.807, 2.05) is 0 Å². The fraction of sp³-hybridized carbons (Fsp3) is 0.500. The highest BCUT2D eigenvalue weighted by Gasteiger charge is 2.48. The third kappa shape index (κ3) is 6.81. The number of halogens is 2. The van der Waals surface area contributed by atoms with E-state index in [0.29, 0.717) is 6.07 Å². The molecule has 13 heteroatoms. The van der Waals surface area contributed by atoms with Gasteiger partial charge in [-0.15, -0.1) is 0 Å². The standard InChI is InChI=1S/C26H33F2N2O8P/c1-5-38-39(4,35)11-10-37-20-15-30-14-18(25(34)29-13-16-6-7-17(27)12-19(16)28)22(31)23(32)21(30)24(33)26(20,2)8-9-36-3/h6-7,12,14,20,32H,5,8-11,13,15H2,1-4H3,(H,29,34). The minimum Gasteiger partial charge on any atom is -0.503 e. The lowest BCUT2D eigenvalue weighted by Crippen LogP contribution is -2.51. The summed E-state index contributed by atoms with van der Waals surface area (Å²) in [6.45, 7) is 5.00. The summed E-state index contributed by atoms with van der Waals surface area (Å²) in [4.78, 5) is 39.4. The van der Waals surface area contributed by atoms with Gasteiger partial charge in [-0.3, -0.25) is 18.9 Å². The lowest BCUT2D eigenvalue weighted by Gasteiger charge is -2.41. The maximum absolute atomic E-state index is 14.0. The first kappa shape index (κ1) is 30.6. The van der Waals surface area contributed by atoms with Crippen molar-refractivity contribution in [1.29, 1.82) is 0 Å². The van der Waals surface area contributed by atoms with Crippen LogP contribution in [0.2, 0.25) is 0 Å². The van der Waals surface area contributed by atoms with E-state index in [1.54, 1.807) is 13.8 Å². The van der Waals surface area contributed by atoms with Crippen LogP contribution < -0.4 is 10.7 Å². The Morgan fingerprint density at radius 2 is 2.00 bits per heavy atom. The van der Waals surface area contributed by atoms with Gasteiger partial charge in [0.05, 0.1) is 31.3 Å². The molecule has 10 nitrogen and oxygen atoms in total. The number of carbonyl (C=O) groups excluding carboxylic acids is 2. The number of carbonyl (C=O) groups is 2. The summed E-state index contributed by atoms with van der Waals surface area (Å²) < 4.78 is 57.4. The van der Waals surface area contributed by atoms with Crippen molar-refractivity contribution < 1.29 is 42.0 Å². The lowest BCUT2D eigenvalue weighted by molar-refractivity contribution is -0.0441. The Labute approximate surface area is 224 Å². The number of nitrogens with zero attached hydrogens (tertiary/aromatic N) is 1. The van der Waals surface area contributed by atoms with E-state index in [9.17, 15) is 32.8 Å². The van der Waals surface area contributed by atoms with Gasteiger partial charge in [-0.2, -0.15) is 0 Å². The smallest absolute Gasteiger partial charge is 0.257 e. The number of hydrogen-bond donors (Lipinski definition) is 2. The van der Waals surface area contributed by atoms with Gasteiger partial charge in [-0.1, -0.05) is 6.07 Å². The molecule has 1 aliphatic rings. The molecule has 0 saturated carbocycles. The first-order chi connectivity index (χ1) is 18.3. The van der Waals surface area contributed by atoms with Gasteiger partial charge in [0, 0.05) is 50.9 Å². The van der Waals surface area contributed by atoms with Crippen molar-refractivity contribution in [3.8, 4) is 5.75 Å². The summed E-state index contributed by atoms with van der Waals surface area (Å²) in [6.07, 6.45) is 0.687. The quantitative estimate of drug-likeness (QED) is 0.372. The van der Waals surface area contributed by atoms with Gasteiger partial charge >= 0.3 is 0 Å². The number of hydrogen-bond acceptors (Lipinski definition) is 8. The first-order valence-corrected chi connectivity index (χ1v) is 14.6. The summed E-state index contributed by atoms with van der Waals surface area (Å²) in [5.41, 5.74) is -3.02. The van der Waals surface area contributed by atoms with E-state index in [-0.39, 0.29) is 56.8 Å². The molecule has 0 aliphatic carbocycles. The second kappa shape index (κ2) is 12.5. The number of methoxy groups -OCH3 is 1. The van der Waals surface area contributed by atoms with Crippen molar-refractivity contribution in [3.63, 3.8) is 0 Å². The maximum atomic E-state index is 14.0. The predicted octanol–water partition coefficient (Wildman–Crippen LogP) is 3.33. The molecule has 2 N–H and O–H groups in total. The monoisotopic (exact) mass is 570 g/mol. The first-order valence-electron chi connectivity index (χ1n) is 12.4. The Morgan fingerprint density at radius 3 is 2.64 bits per heavy atom. The molecular formula is C26H33F2N2O8P. The molecule has 3 rings (SSSR count). The van der Waals surface area contributed by atoms with E-state index < -0.39 is 59.0 Å². The number of rotatable bonds is 12. The predicted molar refractivity (Wildman–Crippen MR) is 139 cm³/mol. The van der Waals surface area contributed by atoms with Crippen LogP contribution in [0, 0.1) is 17.0 Å². The number of benzene rings is 1. The largest absolute Gasteiger partial charge is 0.503 e. The van der Waals surface area contributed by atoms with Crippen LogP contribution in [0.25, 0.3) is 0 Å². The van der Waals surface area contributed by atoms with Gasteiger partial charge in [0.15, 0.2) is 11.5 Å². The van der Waals surface area contributed by atoms with Crippen LogP contribution in [0.4, 0.5) is 8.78 Å². The molecule has 2 aromatic rings. The van der Waals surface area contributed by atoms with Gasteiger partial charge in [-0.05, 0) is 26.3 Å². The van der Waals surface area contributed by atoms with E-state index >= 15 is 0 Å². The molecule has 39 heavy (non-hydrogen) atoms. The Morgan fingerprint density at radius 1 is 1.28 bits per heavy atom. The molecule has 1 aliphatic heterocycles. The van der Waals surface area contributed by atoms with Gasteiger partial charge in [0.1, 0.15) is 22.9 Å². The van der Waals surface area contributed by atoms with Crippen molar-refractivity contribution in [2.24, 2.45) is 5.41 Å². The van der Waals surface area contributed by atoms with E-state index in [2.05, 4.69) is 5.32 Å². The SMILES string of the molecule is CCOP(C)(=O)CCOC1Cn2cc(C(=O)NCc3ccc(F)cc3F)c(=O)c(O)c2C(=O)C1(C)CCOC. The maximum Gasteiger partial charge on any atom is 0.257 e. The number of aromatic hydroxyl groups is 1. The van der Waals surface area contributed by atoms with E-state index in [0.717, 1.165) is 18.3 Å². The molecule has 0 spiro atoms. The zero-order valence-corrected chi connectivity index (χ0v) is 23.2. The molecule has 0 fully saturated rings.